The number of amides is 1. The van der Waals surface area contributed by atoms with Gasteiger partial charge in [-0.2, -0.15) is 0 Å². The minimum Gasteiger partial charge on any atom is -0.506 e. The summed E-state index contributed by atoms with van der Waals surface area (Å²) >= 11 is 6.04. The number of rotatable bonds is 9. The van der Waals surface area contributed by atoms with Crippen molar-refractivity contribution in [3.05, 3.63) is 59.6 Å². The van der Waals surface area contributed by atoms with Crippen molar-refractivity contribution in [1.82, 2.24) is 15.2 Å². The third-order valence-corrected chi connectivity index (χ3v) is 7.12. The highest BCUT2D eigenvalue weighted by Gasteiger charge is 2.32. The van der Waals surface area contributed by atoms with Crippen LogP contribution in [0, 0.1) is 0 Å². The van der Waals surface area contributed by atoms with E-state index in [-0.39, 0.29) is 22.7 Å². The van der Waals surface area contributed by atoms with Crippen molar-refractivity contribution in [3.63, 3.8) is 0 Å². The Morgan fingerprint density at radius 1 is 1.22 bits per heavy atom. The van der Waals surface area contributed by atoms with Crippen LogP contribution in [0.25, 0.3) is 22.5 Å². The van der Waals surface area contributed by atoms with Gasteiger partial charge in [0.15, 0.2) is 0 Å². The predicted octanol–water partition coefficient (Wildman–Crippen LogP) is 5.26. The van der Waals surface area contributed by atoms with E-state index in [1.165, 1.54) is 0 Å². The first-order valence-electron chi connectivity index (χ1n) is 12.3. The van der Waals surface area contributed by atoms with Crippen LogP contribution in [0.3, 0.4) is 0 Å². The number of nitrogens with one attached hydrogen (secondary N) is 1. The van der Waals surface area contributed by atoms with Crippen LogP contribution in [0.15, 0.2) is 53.2 Å². The summed E-state index contributed by atoms with van der Waals surface area (Å²) in [5, 5.41) is 13.6. The van der Waals surface area contributed by atoms with Gasteiger partial charge in [-0.1, -0.05) is 31.9 Å². The fourth-order valence-electron chi connectivity index (χ4n) is 4.62. The number of halogens is 1. The van der Waals surface area contributed by atoms with E-state index in [0.29, 0.717) is 24.5 Å². The number of carbonyl (C=O) groups is 1. The fraction of sp³-hybridized carbons (Fsp3) is 0.429. The van der Waals surface area contributed by atoms with Crippen molar-refractivity contribution >= 4 is 17.5 Å². The molecule has 1 unspecified atom stereocenters. The highest BCUT2D eigenvalue weighted by atomic mass is 35.5. The first kappa shape index (κ1) is 26.2. The number of carbonyl (C=O) groups excluding carboxylic acids is 1. The van der Waals surface area contributed by atoms with Crippen LogP contribution in [-0.4, -0.2) is 60.3 Å². The average molecular weight is 512 g/mol. The first-order chi connectivity index (χ1) is 17.3. The van der Waals surface area contributed by atoms with Crippen molar-refractivity contribution in [2.45, 2.75) is 44.6 Å². The lowest BCUT2D eigenvalue weighted by atomic mass is 9.89. The van der Waals surface area contributed by atoms with Gasteiger partial charge in [-0.05, 0) is 61.3 Å². The highest BCUT2D eigenvalue weighted by Crippen LogP contribution is 2.40. The predicted molar refractivity (Wildman–Crippen MR) is 141 cm³/mol. The molecular formula is C28H34ClN3O4. The summed E-state index contributed by atoms with van der Waals surface area (Å²) in [5.74, 6) is 1.40. The molecule has 1 aromatic carbocycles. The molecule has 0 radical (unpaired) electrons. The van der Waals surface area contributed by atoms with E-state index in [1.807, 2.05) is 24.3 Å². The van der Waals surface area contributed by atoms with E-state index in [2.05, 4.69) is 29.0 Å². The maximum Gasteiger partial charge on any atom is 0.237 e. The molecule has 36 heavy (non-hydrogen) atoms. The molecule has 0 saturated carbocycles. The standard InChI is InChI=1S/C28H34ClN3O4/c1-28(2,18-31-27(34)23-6-4-5-13-32(23)14-15-35-3)25-17-21(19-9-11-30-12-10-19)26(36-25)20-7-8-22(29)24(33)16-20/h7-12,16-17,23,33H,4-6,13-15,18H2,1-3H3,(H,31,34). The van der Waals surface area contributed by atoms with Gasteiger partial charge in [0.2, 0.25) is 5.91 Å². The number of phenols is 1. The molecule has 1 atom stereocenters. The normalized spacial score (nSPS) is 16.7. The fourth-order valence-corrected chi connectivity index (χ4v) is 4.73. The largest absolute Gasteiger partial charge is 0.506 e. The van der Waals surface area contributed by atoms with Crippen molar-refractivity contribution in [3.8, 4) is 28.2 Å². The number of aromatic hydroxyl groups is 1. The third kappa shape index (κ3) is 5.91. The number of phenolic OH excluding ortho intramolecular Hbond substituents is 1. The van der Waals surface area contributed by atoms with Crippen molar-refractivity contribution in [2.75, 3.05) is 33.4 Å². The van der Waals surface area contributed by atoms with E-state index < -0.39 is 5.41 Å². The summed E-state index contributed by atoms with van der Waals surface area (Å²) in [6.07, 6.45) is 6.47. The van der Waals surface area contributed by atoms with Crippen LogP contribution < -0.4 is 5.32 Å². The number of furan rings is 1. The number of likely N-dealkylation sites (tertiary alicyclic amines) is 1. The lowest BCUT2D eigenvalue weighted by molar-refractivity contribution is -0.128. The molecule has 0 spiro atoms. The molecule has 1 saturated heterocycles. The van der Waals surface area contributed by atoms with Crippen LogP contribution in [0.2, 0.25) is 5.02 Å². The summed E-state index contributed by atoms with van der Waals surface area (Å²) in [4.78, 5) is 19.5. The van der Waals surface area contributed by atoms with Gasteiger partial charge in [0.1, 0.15) is 17.3 Å². The van der Waals surface area contributed by atoms with Gasteiger partial charge in [-0.3, -0.25) is 14.7 Å². The van der Waals surface area contributed by atoms with Gasteiger partial charge < -0.3 is 19.6 Å². The second-order valence-corrected chi connectivity index (χ2v) is 10.3. The third-order valence-electron chi connectivity index (χ3n) is 6.80. The topological polar surface area (TPSA) is 87.8 Å². The Morgan fingerprint density at radius 2 is 2.00 bits per heavy atom. The number of hydrogen-bond donors (Lipinski definition) is 2. The average Bonchev–Trinajstić information content (AvgIpc) is 3.35. The number of ether oxygens (including phenoxy) is 1. The maximum absolute atomic E-state index is 13.2. The van der Waals surface area contributed by atoms with Gasteiger partial charge >= 0.3 is 0 Å². The molecule has 1 aliphatic rings. The monoisotopic (exact) mass is 511 g/mol. The Kier molecular flexibility index (Phi) is 8.34. The number of methoxy groups -OCH3 is 1. The van der Waals surface area contributed by atoms with Gasteiger partial charge in [-0.15, -0.1) is 0 Å². The number of benzene rings is 1. The molecule has 7 nitrogen and oxygen atoms in total. The zero-order chi connectivity index (χ0) is 25.7. The smallest absolute Gasteiger partial charge is 0.237 e. The Morgan fingerprint density at radius 3 is 2.72 bits per heavy atom. The summed E-state index contributed by atoms with van der Waals surface area (Å²) in [6, 6.07) is 10.8. The summed E-state index contributed by atoms with van der Waals surface area (Å²) < 4.78 is 11.6. The molecule has 4 rings (SSSR count). The maximum atomic E-state index is 13.2. The zero-order valence-corrected chi connectivity index (χ0v) is 21.8. The quantitative estimate of drug-likeness (QED) is 0.407. The lowest BCUT2D eigenvalue weighted by Crippen LogP contribution is -2.52. The summed E-state index contributed by atoms with van der Waals surface area (Å²) in [5.41, 5.74) is 2.06. The minimum absolute atomic E-state index is 0.00942. The number of hydrogen-bond acceptors (Lipinski definition) is 6. The van der Waals surface area contributed by atoms with E-state index in [1.54, 1.807) is 31.6 Å². The molecule has 8 heteroatoms. The Bertz CT molecular complexity index is 1180. The molecule has 1 fully saturated rings. The second kappa shape index (κ2) is 11.5. The Balaban J connectivity index is 1.58. The van der Waals surface area contributed by atoms with E-state index in [4.69, 9.17) is 20.8 Å². The van der Waals surface area contributed by atoms with Crippen molar-refractivity contribution in [2.24, 2.45) is 0 Å². The number of nitrogens with zero attached hydrogens (tertiary/aromatic N) is 2. The molecule has 2 aromatic heterocycles. The van der Waals surface area contributed by atoms with Crippen molar-refractivity contribution in [1.29, 1.82) is 0 Å². The van der Waals surface area contributed by atoms with E-state index in [0.717, 1.165) is 49.2 Å². The van der Waals surface area contributed by atoms with Gasteiger partial charge in [-0.25, -0.2) is 0 Å². The van der Waals surface area contributed by atoms with Crippen LogP contribution in [0.4, 0.5) is 0 Å². The van der Waals surface area contributed by atoms with E-state index in [9.17, 15) is 9.90 Å². The molecular weight excluding hydrogens is 478 g/mol. The Labute approximate surface area is 217 Å². The van der Waals surface area contributed by atoms with Gasteiger partial charge in [0.05, 0.1) is 17.7 Å². The molecule has 3 heterocycles. The van der Waals surface area contributed by atoms with E-state index >= 15 is 0 Å². The van der Waals surface area contributed by atoms with Crippen molar-refractivity contribution < 1.29 is 19.1 Å². The lowest BCUT2D eigenvalue weighted by Gasteiger charge is -2.35. The molecule has 0 bridgehead atoms. The minimum atomic E-state index is -0.476. The zero-order valence-electron chi connectivity index (χ0n) is 21.1. The van der Waals surface area contributed by atoms with Gasteiger partial charge in [0.25, 0.3) is 0 Å². The number of aromatic nitrogens is 1. The molecule has 0 aliphatic carbocycles. The SMILES string of the molecule is COCCN1CCCCC1C(=O)NCC(C)(C)c1cc(-c2ccncc2)c(-c2ccc(Cl)c(O)c2)o1. The highest BCUT2D eigenvalue weighted by molar-refractivity contribution is 6.32. The van der Waals surface area contributed by atoms with Crippen LogP contribution >= 0.6 is 11.6 Å². The number of piperidine rings is 1. The number of pyridine rings is 1. The summed E-state index contributed by atoms with van der Waals surface area (Å²) in [6.45, 7) is 6.81. The van der Waals surface area contributed by atoms with Crippen LogP contribution in [-0.2, 0) is 14.9 Å². The summed E-state index contributed by atoms with van der Waals surface area (Å²) in [7, 11) is 1.69. The second-order valence-electron chi connectivity index (χ2n) is 9.90. The molecule has 3 aromatic rings. The van der Waals surface area contributed by atoms with Crippen LogP contribution in [0.1, 0.15) is 38.9 Å². The molecule has 1 aliphatic heterocycles. The molecule has 2 N–H and O–H groups in total. The molecule has 192 valence electrons. The first-order valence-corrected chi connectivity index (χ1v) is 12.7. The molecule has 1 amide bonds. The van der Waals surface area contributed by atoms with Crippen LogP contribution in [0.5, 0.6) is 5.75 Å². The van der Waals surface area contributed by atoms with Gasteiger partial charge in [0, 0.05) is 49.1 Å². The Hall–Kier alpha value is -2.87.